The Balaban J connectivity index is 1.22. The van der Waals surface area contributed by atoms with Crippen molar-refractivity contribution in [1.82, 2.24) is 0 Å². The van der Waals surface area contributed by atoms with Gasteiger partial charge in [0.1, 0.15) is 0 Å². The summed E-state index contributed by atoms with van der Waals surface area (Å²) in [4.78, 5) is 0. The van der Waals surface area contributed by atoms with Crippen LogP contribution in [-0.4, -0.2) is 6.61 Å². The molecule has 0 N–H and O–H groups in total. The molecule has 0 radical (unpaired) electrons. The van der Waals surface area contributed by atoms with E-state index in [-0.39, 0.29) is 5.82 Å². The van der Waals surface area contributed by atoms with E-state index in [1.54, 1.807) is 12.1 Å². The molecule has 0 aliphatic heterocycles. The lowest BCUT2D eigenvalue weighted by atomic mass is 9.77. The maximum absolute atomic E-state index is 14.2. The lowest BCUT2D eigenvalue weighted by molar-refractivity contribution is 0.307. The van der Waals surface area contributed by atoms with Crippen LogP contribution in [-0.2, 0) is 12.8 Å². The summed E-state index contributed by atoms with van der Waals surface area (Å²) >= 11 is 0. The van der Waals surface area contributed by atoms with E-state index in [9.17, 15) is 4.39 Å². The van der Waals surface area contributed by atoms with E-state index in [0.29, 0.717) is 24.2 Å². The molecule has 1 unspecified atom stereocenters. The Morgan fingerprint density at radius 3 is 2.24 bits per heavy atom. The van der Waals surface area contributed by atoms with E-state index in [2.05, 4.69) is 67.6 Å². The summed E-state index contributed by atoms with van der Waals surface area (Å²) < 4.78 is 19.6. The van der Waals surface area contributed by atoms with Gasteiger partial charge in [-0.15, -0.1) is 0 Å². The number of aryl methyl sites for hydroxylation is 1. The molecule has 33 heavy (non-hydrogen) atoms. The Morgan fingerprint density at radius 1 is 0.879 bits per heavy atom. The Morgan fingerprint density at radius 2 is 1.58 bits per heavy atom. The highest BCUT2D eigenvalue weighted by molar-refractivity contribution is 5.32. The first-order valence-corrected chi connectivity index (χ1v) is 12.7. The van der Waals surface area contributed by atoms with Gasteiger partial charge in [-0.3, -0.25) is 0 Å². The number of benzene rings is 3. The van der Waals surface area contributed by atoms with Crippen LogP contribution >= 0.6 is 0 Å². The van der Waals surface area contributed by atoms with Crippen LogP contribution in [0.5, 0.6) is 5.75 Å². The minimum atomic E-state index is -0.224. The van der Waals surface area contributed by atoms with Crippen molar-refractivity contribution in [3.63, 3.8) is 0 Å². The molecule has 1 aliphatic rings. The van der Waals surface area contributed by atoms with Crippen molar-refractivity contribution in [3.05, 3.63) is 101 Å². The lowest BCUT2D eigenvalue weighted by Gasteiger charge is -2.29. The molecular formula is C31H37FO. The molecular weight excluding hydrogens is 407 g/mol. The predicted molar refractivity (Wildman–Crippen MR) is 136 cm³/mol. The van der Waals surface area contributed by atoms with Gasteiger partial charge in [-0.05, 0) is 104 Å². The van der Waals surface area contributed by atoms with Gasteiger partial charge in [0.15, 0.2) is 11.6 Å². The van der Waals surface area contributed by atoms with Gasteiger partial charge in [-0.1, -0.05) is 67.6 Å². The summed E-state index contributed by atoms with van der Waals surface area (Å²) in [6.07, 6.45) is 8.30. The molecule has 1 fully saturated rings. The fraction of sp³-hybridized carbons (Fsp3) is 0.419. The summed E-state index contributed by atoms with van der Waals surface area (Å²) in [7, 11) is 0. The number of rotatable bonds is 9. The Labute approximate surface area is 199 Å². The average Bonchev–Trinajstić information content (AvgIpc) is 2.86. The molecule has 3 aromatic carbocycles. The van der Waals surface area contributed by atoms with Crippen molar-refractivity contribution >= 4 is 0 Å². The van der Waals surface area contributed by atoms with Crippen molar-refractivity contribution < 1.29 is 9.13 Å². The van der Waals surface area contributed by atoms with E-state index in [1.807, 2.05) is 6.92 Å². The molecule has 4 rings (SSSR count). The first kappa shape index (κ1) is 23.5. The molecule has 0 amide bonds. The summed E-state index contributed by atoms with van der Waals surface area (Å²) in [6, 6.07) is 25.6. The van der Waals surface area contributed by atoms with Gasteiger partial charge in [0.25, 0.3) is 0 Å². The van der Waals surface area contributed by atoms with Crippen molar-refractivity contribution in [1.29, 1.82) is 0 Å². The lowest BCUT2D eigenvalue weighted by Crippen LogP contribution is -2.14. The normalized spacial score (nSPS) is 19.2. The van der Waals surface area contributed by atoms with Gasteiger partial charge in [-0.25, -0.2) is 4.39 Å². The molecule has 1 aliphatic carbocycles. The SMILES string of the molecule is CCOc1ccc(C2CCC(CCc3ccc(CC(C)c4ccccc4)cc3)CC2)cc1F. The van der Waals surface area contributed by atoms with Crippen molar-refractivity contribution in [2.24, 2.45) is 5.92 Å². The van der Waals surface area contributed by atoms with Crippen LogP contribution in [0, 0.1) is 11.7 Å². The highest BCUT2D eigenvalue weighted by atomic mass is 19.1. The molecule has 0 heterocycles. The molecule has 1 saturated carbocycles. The van der Waals surface area contributed by atoms with Gasteiger partial charge < -0.3 is 4.74 Å². The highest BCUT2D eigenvalue weighted by Gasteiger charge is 2.23. The zero-order valence-electron chi connectivity index (χ0n) is 20.1. The first-order valence-electron chi connectivity index (χ1n) is 12.7. The zero-order valence-corrected chi connectivity index (χ0v) is 20.1. The van der Waals surface area contributed by atoms with Gasteiger partial charge in [0, 0.05) is 0 Å². The van der Waals surface area contributed by atoms with Gasteiger partial charge in [0.2, 0.25) is 0 Å². The predicted octanol–water partition coefficient (Wildman–Crippen LogP) is 8.48. The molecule has 1 nitrogen and oxygen atoms in total. The third kappa shape index (κ3) is 6.47. The molecule has 0 aromatic heterocycles. The molecule has 174 valence electrons. The standard InChI is InChI=1S/C31H37FO/c1-3-33-31-20-19-29(22-30(31)32)28-17-15-25(16-18-28)10-9-24-11-13-26(14-12-24)21-23(2)27-7-5-4-6-8-27/h4-8,11-14,19-20,22-23,25,28H,3,9-10,15-18,21H2,1-2H3. The van der Waals surface area contributed by atoms with Gasteiger partial charge >= 0.3 is 0 Å². The van der Waals surface area contributed by atoms with E-state index >= 15 is 0 Å². The van der Waals surface area contributed by atoms with Crippen LogP contribution in [0.15, 0.2) is 72.8 Å². The fourth-order valence-electron chi connectivity index (χ4n) is 5.29. The molecule has 0 bridgehead atoms. The number of hydrogen-bond acceptors (Lipinski definition) is 1. The minimum absolute atomic E-state index is 0.224. The average molecular weight is 445 g/mol. The Hall–Kier alpha value is -2.61. The van der Waals surface area contributed by atoms with E-state index in [1.165, 1.54) is 36.0 Å². The number of hydrogen-bond donors (Lipinski definition) is 0. The number of halogens is 1. The second kappa shape index (κ2) is 11.5. The van der Waals surface area contributed by atoms with Crippen LogP contribution in [0.1, 0.15) is 80.0 Å². The quantitative estimate of drug-likeness (QED) is 0.321. The van der Waals surface area contributed by atoms with Crippen LogP contribution in [0.3, 0.4) is 0 Å². The van der Waals surface area contributed by atoms with E-state index < -0.39 is 0 Å². The van der Waals surface area contributed by atoms with Crippen molar-refractivity contribution in [2.45, 2.75) is 70.6 Å². The van der Waals surface area contributed by atoms with Gasteiger partial charge in [-0.2, -0.15) is 0 Å². The Kier molecular flexibility index (Phi) is 8.20. The smallest absolute Gasteiger partial charge is 0.165 e. The third-order valence-corrected chi connectivity index (χ3v) is 7.35. The monoisotopic (exact) mass is 444 g/mol. The molecule has 0 spiro atoms. The zero-order chi connectivity index (χ0) is 23.0. The second-order valence-electron chi connectivity index (χ2n) is 9.71. The summed E-state index contributed by atoms with van der Waals surface area (Å²) in [6.45, 7) is 4.69. The van der Waals surface area contributed by atoms with Crippen molar-refractivity contribution in [2.75, 3.05) is 6.61 Å². The maximum Gasteiger partial charge on any atom is 0.165 e. The Bertz CT molecular complexity index is 987. The molecule has 3 aromatic rings. The summed E-state index contributed by atoms with van der Waals surface area (Å²) in [5, 5.41) is 0. The van der Waals surface area contributed by atoms with Crippen LogP contribution in [0.25, 0.3) is 0 Å². The van der Waals surface area contributed by atoms with Crippen LogP contribution < -0.4 is 4.74 Å². The number of ether oxygens (including phenoxy) is 1. The van der Waals surface area contributed by atoms with Gasteiger partial charge in [0.05, 0.1) is 6.61 Å². The third-order valence-electron chi connectivity index (χ3n) is 7.35. The largest absolute Gasteiger partial charge is 0.491 e. The van der Waals surface area contributed by atoms with Crippen molar-refractivity contribution in [3.8, 4) is 5.75 Å². The highest BCUT2D eigenvalue weighted by Crippen LogP contribution is 2.38. The summed E-state index contributed by atoms with van der Waals surface area (Å²) in [5.41, 5.74) is 5.40. The van der Waals surface area contributed by atoms with Crippen LogP contribution in [0.4, 0.5) is 4.39 Å². The molecule has 1 atom stereocenters. The van der Waals surface area contributed by atoms with Crippen LogP contribution in [0.2, 0.25) is 0 Å². The molecule has 2 heteroatoms. The fourth-order valence-corrected chi connectivity index (χ4v) is 5.29. The summed E-state index contributed by atoms with van der Waals surface area (Å²) in [5.74, 6) is 1.95. The first-order chi connectivity index (χ1) is 16.1. The van der Waals surface area contributed by atoms with E-state index in [0.717, 1.165) is 37.2 Å². The molecule has 0 saturated heterocycles. The topological polar surface area (TPSA) is 9.23 Å². The van der Waals surface area contributed by atoms with E-state index in [4.69, 9.17) is 4.74 Å². The minimum Gasteiger partial charge on any atom is -0.491 e. The second-order valence-corrected chi connectivity index (χ2v) is 9.71. The maximum atomic E-state index is 14.2.